The van der Waals surface area contributed by atoms with Gasteiger partial charge in [-0.2, -0.15) is 0 Å². The van der Waals surface area contributed by atoms with Gasteiger partial charge in [-0.1, -0.05) is 103 Å². The van der Waals surface area contributed by atoms with Crippen LogP contribution in [-0.2, 0) is 45.4 Å². The molecule has 6 heteroatoms. The van der Waals surface area contributed by atoms with Crippen LogP contribution in [0.3, 0.4) is 0 Å². The summed E-state index contributed by atoms with van der Waals surface area (Å²) in [7, 11) is 1.66. The highest BCUT2D eigenvalue weighted by atomic mass is 16.5. The number of ether oxygens (including phenoxy) is 5. The Labute approximate surface area is 255 Å². The Morgan fingerprint density at radius 1 is 0.558 bits per heavy atom. The van der Waals surface area contributed by atoms with Crippen molar-refractivity contribution in [3.63, 3.8) is 0 Å². The normalized spacial score (nSPS) is 22.1. The molecule has 6 nitrogen and oxygen atoms in total. The molecule has 0 spiro atoms. The molecule has 0 amide bonds. The zero-order valence-corrected chi connectivity index (χ0v) is 24.8. The molecule has 5 rings (SSSR count). The summed E-state index contributed by atoms with van der Waals surface area (Å²) in [4.78, 5) is 0. The van der Waals surface area contributed by atoms with E-state index in [9.17, 15) is 5.11 Å². The van der Waals surface area contributed by atoms with Crippen molar-refractivity contribution in [1.82, 2.24) is 0 Å². The van der Waals surface area contributed by atoms with E-state index in [-0.39, 0.29) is 24.2 Å². The van der Waals surface area contributed by atoms with Gasteiger partial charge in [0.2, 0.25) is 0 Å². The first kappa shape index (κ1) is 30.9. The predicted molar refractivity (Wildman–Crippen MR) is 166 cm³/mol. The molecule has 4 aromatic rings. The van der Waals surface area contributed by atoms with E-state index in [0.29, 0.717) is 45.9 Å². The first-order chi connectivity index (χ1) is 21.2. The molecule has 226 valence electrons. The summed E-state index contributed by atoms with van der Waals surface area (Å²) in [6.07, 6.45) is -0.713. The van der Waals surface area contributed by atoms with Crippen LogP contribution in [0.5, 0.6) is 5.75 Å². The van der Waals surface area contributed by atoms with Crippen molar-refractivity contribution in [2.45, 2.75) is 63.7 Å². The van der Waals surface area contributed by atoms with Crippen molar-refractivity contribution in [2.24, 2.45) is 5.92 Å². The van der Waals surface area contributed by atoms with Crippen molar-refractivity contribution in [3.8, 4) is 5.75 Å². The number of aliphatic hydroxyl groups excluding tert-OH is 1. The third-order valence-electron chi connectivity index (χ3n) is 7.91. The van der Waals surface area contributed by atoms with E-state index in [0.717, 1.165) is 28.0 Å². The SMILES string of the molecule is COc1ccc(CO[C@H]2CC(O)C[C@@H](OCc3ccccc3)[C@H](OCc3ccccc3)[C@H]2COCc2ccccc2)cc1. The van der Waals surface area contributed by atoms with Crippen molar-refractivity contribution in [2.75, 3.05) is 13.7 Å². The second kappa shape index (κ2) is 16.4. The zero-order chi connectivity index (χ0) is 29.7. The third-order valence-corrected chi connectivity index (χ3v) is 7.91. The number of rotatable bonds is 14. The molecule has 0 bridgehead atoms. The quantitative estimate of drug-likeness (QED) is 0.166. The van der Waals surface area contributed by atoms with E-state index in [1.54, 1.807) is 7.11 Å². The van der Waals surface area contributed by atoms with E-state index in [2.05, 4.69) is 24.3 Å². The third kappa shape index (κ3) is 9.48. The van der Waals surface area contributed by atoms with Gasteiger partial charge in [-0.05, 0) is 34.4 Å². The number of aliphatic hydroxyl groups is 1. The zero-order valence-electron chi connectivity index (χ0n) is 24.8. The maximum atomic E-state index is 11.2. The Morgan fingerprint density at radius 2 is 1.02 bits per heavy atom. The molecule has 1 N–H and O–H groups in total. The van der Waals surface area contributed by atoms with Gasteiger partial charge in [0.05, 0.1) is 64.6 Å². The van der Waals surface area contributed by atoms with E-state index in [1.165, 1.54) is 0 Å². The minimum Gasteiger partial charge on any atom is -0.497 e. The highest BCUT2D eigenvalue weighted by molar-refractivity contribution is 5.26. The van der Waals surface area contributed by atoms with Crippen LogP contribution in [0.4, 0.5) is 0 Å². The molecule has 0 aliphatic heterocycles. The van der Waals surface area contributed by atoms with E-state index in [1.807, 2.05) is 91.0 Å². The van der Waals surface area contributed by atoms with Crippen molar-refractivity contribution in [3.05, 3.63) is 138 Å². The van der Waals surface area contributed by atoms with Gasteiger partial charge in [0.25, 0.3) is 0 Å². The fraction of sp³-hybridized carbons (Fsp3) is 0.351. The molecule has 1 saturated carbocycles. The average Bonchev–Trinajstić information content (AvgIpc) is 3.18. The first-order valence-electron chi connectivity index (χ1n) is 15.0. The van der Waals surface area contributed by atoms with Gasteiger partial charge in [-0.3, -0.25) is 0 Å². The van der Waals surface area contributed by atoms with E-state index < -0.39 is 6.10 Å². The van der Waals surface area contributed by atoms with Gasteiger partial charge >= 0.3 is 0 Å². The van der Waals surface area contributed by atoms with Crippen molar-refractivity contribution in [1.29, 1.82) is 0 Å². The van der Waals surface area contributed by atoms with E-state index in [4.69, 9.17) is 23.7 Å². The maximum Gasteiger partial charge on any atom is 0.118 e. The largest absolute Gasteiger partial charge is 0.497 e. The molecule has 0 radical (unpaired) electrons. The highest BCUT2D eigenvalue weighted by Gasteiger charge is 2.42. The van der Waals surface area contributed by atoms with Gasteiger partial charge in [-0.25, -0.2) is 0 Å². The van der Waals surface area contributed by atoms with Crippen LogP contribution in [0.2, 0.25) is 0 Å². The van der Waals surface area contributed by atoms with Crippen LogP contribution in [0.15, 0.2) is 115 Å². The lowest BCUT2D eigenvalue weighted by atomic mass is 9.93. The molecule has 4 aromatic carbocycles. The summed E-state index contributed by atoms with van der Waals surface area (Å²) < 4.78 is 31.5. The van der Waals surface area contributed by atoms with Gasteiger partial charge < -0.3 is 28.8 Å². The number of methoxy groups -OCH3 is 1. The topological polar surface area (TPSA) is 66.4 Å². The second-order valence-electron chi connectivity index (χ2n) is 11.1. The second-order valence-corrected chi connectivity index (χ2v) is 11.1. The lowest BCUT2D eigenvalue weighted by Gasteiger charge is -2.35. The van der Waals surface area contributed by atoms with Crippen LogP contribution in [0.25, 0.3) is 0 Å². The summed E-state index contributed by atoms with van der Waals surface area (Å²) >= 11 is 0. The molecular formula is C37H42O6. The highest BCUT2D eigenvalue weighted by Crippen LogP contribution is 2.33. The summed E-state index contributed by atoms with van der Waals surface area (Å²) in [5, 5.41) is 11.2. The van der Waals surface area contributed by atoms with Crippen molar-refractivity contribution < 1.29 is 28.8 Å². The molecule has 1 fully saturated rings. The Balaban J connectivity index is 1.39. The standard InChI is InChI=1S/C37H42O6/c1-39-33-19-17-31(18-20-33)25-41-35-21-32(38)22-36(42-24-29-13-7-3-8-14-29)37(43-26-30-15-9-4-10-16-30)34(35)27-40-23-28-11-5-2-6-12-28/h2-20,32,34-38H,21-27H2,1H3/t32?,34-,35-,36+,37+/m0/s1. The smallest absolute Gasteiger partial charge is 0.118 e. The molecule has 0 aromatic heterocycles. The fourth-order valence-electron chi connectivity index (χ4n) is 5.57. The Morgan fingerprint density at radius 3 is 1.58 bits per heavy atom. The molecule has 0 heterocycles. The fourth-order valence-corrected chi connectivity index (χ4v) is 5.57. The first-order valence-corrected chi connectivity index (χ1v) is 15.0. The monoisotopic (exact) mass is 582 g/mol. The molecule has 5 atom stereocenters. The molecular weight excluding hydrogens is 540 g/mol. The predicted octanol–water partition coefficient (Wildman–Crippen LogP) is 6.74. The number of hydrogen-bond acceptors (Lipinski definition) is 6. The van der Waals surface area contributed by atoms with Crippen molar-refractivity contribution >= 4 is 0 Å². The van der Waals surface area contributed by atoms with Crippen LogP contribution in [-0.4, -0.2) is 43.2 Å². The Kier molecular flexibility index (Phi) is 11.8. The van der Waals surface area contributed by atoms with Gasteiger partial charge in [0, 0.05) is 18.8 Å². The summed E-state index contributed by atoms with van der Waals surface area (Å²) in [6.45, 7) is 2.13. The number of hydrogen-bond donors (Lipinski definition) is 1. The molecule has 0 saturated heterocycles. The summed E-state index contributed by atoms with van der Waals surface area (Å²) in [5.41, 5.74) is 4.29. The Hall–Kier alpha value is -3.52. The van der Waals surface area contributed by atoms with Crippen LogP contribution in [0, 0.1) is 5.92 Å². The minimum absolute atomic E-state index is 0.177. The van der Waals surface area contributed by atoms with Crippen LogP contribution in [0.1, 0.15) is 35.1 Å². The lowest BCUT2D eigenvalue weighted by Crippen LogP contribution is -2.44. The number of benzene rings is 4. The summed E-state index contributed by atoms with van der Waals surface area (Å²) in [5.74, 6) is 0.622. The van der Waals surface area contributed by atoms with Gasteiger partial charge in [0.15, 0.2) is 0 Å². The van der Waals surface area contributed by atoms with Gasteiger partial charge in [0.1, 0.15) is 5.75 Å². The average molecular weight is 583 g/mol. The maximum absolute atomic E-state index is 11.2. The lowest BCUT2D eigenvalue weighted by molar-refractivity contribution is -0.148. The summed E-state index contributed by atoms with van der Waals surface area (Å²) in [6, 6.07) is 38.3. The minimum atomic E-state index is -0.608. The molecule has 1 aliphatic rings. The van der Waals surface area contributed by atoms with Crippen LogP contribution >= 0.6 is 0 Å². The van der Waals surface area contributed by atoms with Gasteiger partial charge in [-0.15, -0.1) is 0 Å². The van der Waals surface area contributed by atoms with E-state index >= 15 is 0 Å². The molecule has 1 aliphatic carbocycles. The Bertz CT molecular complexity index is 1320. The molecule has 43 heavy (non-hydrogen) atoms. The van der Waals surface area contributed by atoms with Crippen LogP contribution < -0.4 is 4.74 Å². The molecule has 1 unspecified atom stereocenters.